The van der Waals surface area contributed by atoms with Crippen LogP contribution in [-0.4, -0.2) is 21.9 Å². The van der Waals surface area contributed by atoms with E-state index >= 15 is 0 Å². The number of nitrogens with one attached hydrogen (secondary N) is 1. The van der Waals surface area contributed by atoms with E-state index < -0.39 is 16.8 Å². The van der Waals surface area contributed by atoms with Gasteiger partial charge in [-0.25, -0.2) is 0 Å². The van der Waals surface area contributed by atoms with Crippen molar-refractivity contribution < 1.29 is 14.5 Å². The van der Waals surface area contributed by atoms with E-state index in [1.54, 1.807) is 0 Å². The number of anilines is 1. The van der Waals surface area contributed by atoms with Crippen LogP contribution in [0.2, 0.25) is 0 Å². The predicted molar refractivity (Wildman–Crippen MR) is 94.8 cm³/mol. The van der Waals surface area contributed by atoms with Crippen molar-refractivity contribution in [3.05, 3.63) is 58.3 Å². The van der Waals surface area contributed by atoms with Gasteiger partial charge in [-0.3, -0.25) is 4.79 Å². The van der Waals surface area contributed by atoms with Gasteiger partial charge in [-0.1, -0.05) is 32.0 Å². The van der Waals surface area contributed by atoms with Crippen molar-refractivity contribution in [1.82, 2.24) is 4.98 Å². The normalized spacial score (nSPS) is 12.9. The van der Waals surface area contributed by atoms with E-state index in [1.165, 1.54) is 25.3 Å². The third kappa shape index (κ3) is 4.53. The molecule has 25 heavy (non-hydrogen) atoms. The van der Waals surface area contributed by atoms with Crippen molar-refractivity contribution in [2.45, 2.75) is 39.2 Å². The Hall–Kier alpha value is -2.96. The zero-order chi connectivity index (χ0) is 18.4. The quantitative estimate of drug-likeness (QED) is 0.607. The van der Waals surface area contributed by atoms with Crippen LogP contribution >= 0.6 is 0 Å². The number of carbonyl (C=O) groups is 1. The molecule has 2 aromatic rings. The minimum atomic E-state index is -0.909. The summed E-state index contributed by atoms with van der Waals surface area (Å²) in [6.07, 6.45) is 1.34. The van der Waals surface area contributed by atoms with Gasteiger partial charge >= 0.3 is 5.82 Å². The van der Waals surface area contributed by atoms with Gasteiger partial charge in [0, 0.05) is 5.69 Å². The molecule has 2 unspecified atom stereocenters. The lowest BCUT2D eigenvalue weighted by atomic mass is 9.97. The van der Waals surface area contributed by atoms with Crippen LogP contribution in [0.25, 0.3) is 0 Å². The van der Waals surface area contributed by atoms with Crippen LogP contribution < -0.4 is 10.1 Å². The number of nitro groups is 1. The molecule has 1 amide bonds. The number of pyridine rings is 1. The van der Waals surface area contributed by atoms with Crippen molar-refractivity contribution in [3.63, 3.8) is 0 Å². The summed E-state index contributed by atoms with van der Waals surface area (Å²) in [5.41, 5.74) is 1.76. The standard InChI is InChI=1S/C18H21N3O4/c1-4-12(2)14-8-5-6-9-15(14)20-18(22)13(3)25-16-10-7-11-19-17(16)21(23)24/h5-13H,4H2,1-3H3,(H,20,22). The molecule has 7 nitrogen and oxygen atoms in total. The van der Waals surface area contributed by atoms with Crippen LogP contribution in [0.3, 0.4) is 0 Å². The Morgan fingerprint density at radius 2 is 2.00 bits per heavy atom. The Bertz CT molecular complexity index is 763. The molecular weight excluding hydrogens is 322 g/mol. The van der Waals surface area contributed by atoms with Crippen molar-refractivity contribution >= 4 is 17.4 Å². The molecule has 1 N–H and O–H groups in total. The minimum absolute atomic E-state index is 0.0367. The number of nitrogens with zero attached hydrogens (tertiary/aromatic N) is 2. The first-order chi connectivity index (χ1) is 11.9. The third-order valence-corrected chi connectivity index (χ3v) is 3.96. The van der Waals surface area contributed by atoms with Gasteiger partial charge in [0.1, 0.15) is 6.20 Å². The fourth-order valence-corrected chi connectivity index (χ4v) is 2.35. The molecular formula is C18H21N3O4. The Labute approximate surface area is 146 Å². The maximum absolute atomic E-state index is 12.4. The molecule has 1 aromatic carbocycles. The Balaban J connectivity index is 2.13. The average molecular weight is 343 g/mol. The third-order valence-electron chi connectivity index (χ3n) is 3.96. The van der Waals surface area contributed by atoms with E-state index in [-0.39, 0.29) is 11.7 Å². The monoisotopic (exact) mass is 343 g/mol. The van der Waals surface area contributed by atoms with E-state index in [9.17, 15) is 14.9 Å². The summed E-state index contributed by atoms with van der Waals surface area (Å²) in [5, 5.41) is 13.8. The van der Waals surface area contributed by atoms with Crippen molar-refractivity contribution in [2.24, 2.45) is 0 Å². The Kier molecular flexibility index (Phi) is 6.05. The van der Waals surface area contributed by atoms with Gasteiger partial charge in [0.2, 0.25) is 5.75 Å². The smallest absolute Gasteiger partial charge is 0.406 e. The van der Waals surface area contributed by atoms with Gasteiger partial charge in [-0.2, -0.15) is 0 Å². The first-order valence-corrected chi connectivity index (χ1v) is 8.09. The molecule has 0 bridgehead atoms. The predicted octanol–water partition coefficient (Wildman–Crippen LogP) is 3.91. The first-order valence-electron chi connectivity index (χ1n) is 8.09. The molecule has 0 radical (unpaired) electrons. The van der Waals surface area contributed by atoms with Crippen LogP contribution in [0.15, 0.2) is 42.6 Å². The highest BCUT2D eigenvalue weighted by atomic mass is 16.6. The molecule has 1 heterocycles. The molecule has 0 saturated heterocycles. The summed E-state index contributed by atoms with van der Waals surface area (Å²) in [4.78, 5) is 26.4. The minimum Gasteiger partial charge on any atom is -0.473 e. The van der Waals surface area contributed by atoms with Crippen LogP contribution in [-0.2, 0) is 4.79 Å². The number of ether oxygens (including phenoxy) is 1. The number of carbonyl (C=O) groups excluding carboxylic acids is 1. The largest absolute Gasteiger partial charge is 0.473 e. The number of amides is 1. The van der Waals surface area contributed by atoms with E-state index in [1.807, 2.05) is 24.3 Å². The van der Waals surface area contributed by atoms with Crippen molar-refractivity contribution in [2.75, 3.05) is 5.32 Å². The van der Waals surface area contributed by atoms with Gasteiger partial charge in [0.25, 0.3) is 5.91 Å². The highest BCUT2D eigenvalue weighted by Crippen LogP contribution is 2.27. The molecule has 7 heteroatoms. The maximum Gasteiger partial charge on any atom is 0.406 e. The number of hydrogen-bond donors (Lipinski definition) is 1. The number of rotatable bonds is 7. The molecule has 132 valence electrons. The van der Waals surface area contributed by atoms with E-state index in [4.69, 9.17) is 4.74 Å². The second-order valence-electron chi connectivity index (χ2n) is 5.73. The van der Waals surface area contributed by atoms with Crippen LogP contribution in [0.5, 0.6) is 5.75 Å². The lowest BCUT2D eigenvalue weighted by molar-refractivity contribution is -0.390. The van der Waals surface area contributed by atoms with Gasteiger partial charge in [-0.15, -0.1) is 0 Å². The van der Waals surface area contributed by atoms with E-state index in [0.717, 1.165) is 17.7 Å². The highest BCUT2D eigenvalue weighted by Gasteiger charge is 2.22. The summed E-state index contributed by atoms with van der Waals surface area (Å²) >= 11 is 0. The lowest BCUT2D eigenvalue weighted by Crippen LogP contribution is -2.30. The molecule has 0 saturated carbocycles. The molecule has 2 rings (SSSR count). The molecule has 0 fully saturated rings. The van der Waals surface area contributed by atoms with Crippen LogP contribution in [0, 0.1) is 10.1 Å². The van der Waals surface area contributed by atoms with Gasteiger partial charge in [-0.05, 0) is 52.9 Å². The van der Waals surface area contributed by atoms with Crippen molar-refractivity contribution in [3.8, 4) is 5.75 Å². The molecule has 0 aliphatic rings. The number of hydrogen-bond acceptors (Lipinski definition) is 5. The summed E-state index contributed by atoms with van der Waals surface area (Å²) in [6.45, 7) is 5.71. The fraction of sp³-hybridized carbons (Fsp3) is 0.333. The highest BCUT2D eigenvalue weighted by molar-refractivity contribution is 5.94. The second kappa shape index (κ2) is 8.23. The molecule has 0 aliphatic heterocycles. The van der Waals surface area contributed by atoms with Gasteiger partial charge in [0.15, 0.2) is 6.10 Å². The maximum atomic E-state index is 12.4. The summed E-state index contributed by atoms with van der Waals surface area (Å²) in [6, 6.07) is 10.5. The number of para-hydroxylation sites is 1. The summed E-state index contributed by atoms with van der Waals surface area (Å²) in [5.74, 6) is -0.534. The zero-order valence-corrected chi connectivity index (χ0v) is 14.4. The van der Waals surface area contributed by atoms with E-state index in [2.05, 4.69) is 24.1 Å². The summed E-state index contributed by atoms with van der Waals surface area (Å²) < 4.78 is 5.45. The van der Waals surface area contributed by atoms with Crippen LogP contribution in [0.4, 0.5) is 11.5 Å². The van der Waals surface area contributed by atoms with E-state index in [0.29, 0.717) is 5.92 Å². The Morgan fingerprint density at radius 3 is 2.68 bits per heavy atom. The lowest BCUT2D eigenvalue weighted by Gasteiger charge is -2.18. The SMILES string of the molecule is CCC(C)c1ccccc1NC(=O)C(C)Oc1cccnc1[N+](=O)[O-]. The molecule has 0 spiro atoms. The van der Waals surface area contributed by atoms with Gasteiger partial charge < -0.3 is 20.2 Å². The van der Waals surface area contributed by atoms with Gasteiger partial charge in [0.05, 0.1) is 0 Å². The van der Waals surface area contributed by atoms with Crippen LogP contribution in [0.1, 0.15) is 38.7 Å². The number of aromatic nitrogens is 1. The number of benzene rings is 1. The molecule has 1 aromatic heterocycles. The Morgan fingerprint density at radius 1 is 1.28 bits per heavy atom. The zero-order valence-electron chi connectivity index (χ0n) is 14.4. The van der Waals surface area contributed by atoms with Crippen molar-refractivity contribution in [1.29, 1.82) is 0 Å². The first kappa shape index (κ1) is 18.4. The average Bonchev–Trinajstić information content (AvgIpc) is 2.61. The topological polar surface area (TPSA) is 94.4 Å². The molecule has 2 atom stereocenters. The second-order valence-corrected chi connectivity index (χ2v) is 5.73. The molecule has 0 aliphatic carbocycles. The fourth-order valence-electron chi connectivity index (χ4n) is 2.35. The summed E-state index contributed by atoms with van der Waals surface area (Å²) in [7, 11) is 0.